The molecule has 0 aliphatic heterocycles. The van der Waals surface area contributed by atoms with E-state index in [1.54, 1.807) is 0 Å². The SMILES string of the molecule is O=c1[nH]c(=O)c2[nH]c(C3C4CCCC43)nc2[nH]1. The first-order valence-electron chi connectivity index (χ1n) is 5.96. The molecule has 17 heavy (non-hydrogen) atoms. The predicted octanol–water partition coefficient (Wildman–Crippen LogP) is 0.453. The summed E-state index contributed by atoms with van der Waals surface area (Å²) < 4.78 is 0. The van der Waals surface area contributed by atoms with Crippen LogP contribution in [0.2, 0.25) is 0 Å². The highest BCUT2D eigenvalue weighted by Gasteiger charge is 2.54. The molecular weight excluding hydrogens is 220 g/mol. The van der Waals surface area contributed by atoms with Crippen molar-refractivity contribution in [3.8, 4) is 0 Å². The van der Waals surface area contributed by atoms with Crippen LogP contribution in [-0.4, -0.2) is 19.9 Å². The van der Waals surface area contributed by atoms with Crippen LogP contribution in [0.15, 0.2) is 9.59 Å². The molecule has 2 fully saturated rings. The first kappa shape index (κ1) is 9.21. The van der Waals surface area contributed by atoms with E-state index in [1.807, 2.05) is 0 Å². The number of imidazole rings is 1. The van der Waals surface area contributed by atoms with Gasteiger partial charge in [-0.15, -0.1) is 0 Å². The van der Waals surface area contributed by atoms with E-state index in [4.69, 9.17) is 0 Å². The van der Waals surface area contributed by atoms with Gasteiger partial charge in [0.15, 0.2) is 5.65 Å². The van der Waals surface area contributed by atoms with E-state index in [9.17, 15) is 9.59 Å². The van der Waals surface area contributed by atoms with Crippen molar-refractivity contribution in [2.45, 2.75) is 25.2 Å². The van der Waals surface area contributed by atoms with Crippen LogP contribution in [0.5, 0.6) is 0 Å². The Morgan fingerprint density at radius 3 is 2.59 bits per heavy atom. The van der Waals surface area contributed by atoms with Crippen molar-refractivity contribution >= 4 is 11.2 Å². The Morgan fingerprint density at radius 2 is 1.82 bits per heavy atom. The van der Waals surface area contributed by atoms with Gasteiger partial charge >= 0.3 is 5.69 Å². The molecule has 0 spiro atoms. The summed E-state index contributed by atoms with van der Waals surface area (Å²) in [6.45, 7) is 0. The second-order valence-corrected chi connectivity index (χ2v) is 5.04. The average molecular weight is 232 g/mol. The Balaban J connectivity index is 1.86. The second-order valence-electron chi connectivity index (χ2n) is 5.04. The van der Waals surface area contributed by atoms with Crippen LogP contribution >= 0.6 is 0 Å². The van der Waals surface area contributed by atoms with Crippen molar-refractivity contribution in [3.05, 3.63) is 26.7 Å². The Kier molecular flexibility index (Phi) is 1.56. The van der Waals surface area contributed by atoms with Crippen molar-refractivity contribution in [1.82, 2.24) is 19.9 Å². The number of aromatic amines is 3. The third-order valence-electron chi connectivity index (χ3n) is 4.13. The summed E-state index contributed by atoms with van der Waals surface area (Å²) in [5, 5.41) is 0. The molecule has 0 aromatic carbocycles. The summed E-state index contributed by atoms with van der Waals surface area (Å²) in [6.07, 6.45) is 3.84. The van der Waals surface area contributed by atoms with Crippen molar-refractivity contribution < 1.29 is 0 Å². The number of nitrogens with zero attached hydrogens (tertiary/aromatic N) is 1. The van der Waals surface area contributed by atoms with Crippen LogP contribution in [0.25, 0.3) is 11.2 Å². The van der Waals surface area contributed by atoms with Gasteiger partial charge in [0.25, 0.3) is 5.56 Å². The minimum absolute atomic E-state index is 0.374. The molecule has 2 heterocycles. The van der Waals surface area contributed by atoms with E-state index in [-0.39, 0.29) is 0 Å². The van der Waals surface area contributed by atoms with Crippen molar-refractivity contribution in [2.24, 2.45) is 11.8 Å². The number of nitrogens with one attached hydrogen (secondary N) is 3. The van der Waals surface area contributed by atoms with Crippen LogP contribution in [0.4, 0.5) is 0 Å². The summed E-state index contributed by atoms with van der Waals surface area (Å²) in [5.41, 5.74) is -0.145. The summed E-state index contributed by atoms with van der Waals surface area (Å²) in [7, 11) is 0. The molecule has 2 atom stereocenters. The molecule has 6 nitrogen and oxygen atoms in total. The van der Waals surface area contributed by atoms with Gasteiger partial charge in [0.05, 0.1) is 0 Å². The van der Waals surface area contributed by atoms with E-state index in [0.717, 1.165) is 17.7 Å². The first-order valence-corrected chi connectivity index (χ1v) is 5.96. The van der Waals surface area contributed by atoms with Gasteiger partial charge in [0.1, 0.15) is 11.3 Å². The summed E-state index contributed by atoms with van der Waals surface area (Å²) >= 11 is 0. The van der Waals surface area contributed by atoms with Gasteiger partial charge in [-0.3, -0.25) is 14.8 Å². The smallest absolute Gasteiger partial charge is 0.327 e. The number of aromatic nitrogens is 4. The molecule has 2 saturated carbocycles. The Morgan fingerprint density at radius 1 is 1.06 bits per heavy atom. The molecule has 0 radical (unpaired) electrons. The molecule has 0 bridgehead atoms. The van der Waals surface area contributed by atoms with Crippen molar-refractivity contribution in [1.29, 1.82) is 0 Å². The molecule has 6 heteroatoms. The highest BCUT2D eigenvalue weighted by molar-refractivity contribution is 5.68. The summed E-state index contributed by atoms with van der Waals surface area (Å²) in [5.74, 6) is 2.81. The van der Waals surface area contributed by atoms with Gasteiger partial charge in [-0.1, -0.05) is 6.42 Å². The zero-order chi connectivity index (χ0) is 11.6. The average Bonchev–Trinajstić information content (AvgIpc) is 2.67. The van der Waals surface area contributed by atoms with Gasteiger partial charge in [-0.2, -0.15) is 0 Å². The Bertz CT molecular complexity index is 700. The molecule has 88 valence electrons. The van der Waals surface area contributed by atoms with Gasteiger partial charge < -0.3 is 4.98 Å². The minimum Gasteiger partial charge on any atom is -0.336 e. The number of fused-ring (bicyclic) bond motifs is 2. The fourth-order valence-corrected chi connectivity index (χ4v) is 3.34. The van der Waals surface area contributed by atoms with E-state index in [2.05, 4.69) is 19.9 Å². The quantitative estimate of drug-likeness (QED) is 0.666. The van der Waals surface area contributed by atoms with E-state index in [1.165, 1.54) is 19.3 Å². The maximum absolute atomic E-state index is 11.6. The van der Waals surface area contributed by atoms with Crippen molar-refractivity contribution in [3.63, 3.8) is 0 Å². The van der Waals surface area contributed by atoms with Crippen LogP contribution in [0.1, 0.15) is 31.0 Å². The largest absolute Gasteiger partial charge is 0.336 e. The van der Waals surface area contributed by atoms with E-state index in [0.29, 0.717) is 17.1 Å². The molecule has 2 unspecified atom stereocenters. The van der Waals surface area contributed by atoms with Gasteiger partial charge in [-0.25, -0.2) is 9.78 Å². The lowest BCUT2D eigenvalue weighted by Gasteiger charge is -1.97. The fourth-order valence-electron chi connectivity index (χ4n) is 3.34. The Labute approximate surface area is 95.5 Å². The topological polar surface area (TPSA) is 94.4 Å². The zero-order valence-electron chi connectivity index (χ0n) is 9.12. The Hall–Kier alpha value is -1.85. The van der Waals surface area contributed by atoms with Crippen LogP contribution in [0, 0.1) is 11.8 Å². The number of hydrogen-bond acceptors (Lipinski definition) is 3. The lowest BCUT2D eigenvalue weighted by Crippen LogP contribution is -2.21. The molecule has 2 aromatic rings. The van der Waals surface area contributed by atoms with Gasteiger partial charge in [-0.05, 0) is 24.7 Å². The van der Waals surface area contributed by atoms with E-state index >= 15 is 0 Å². The van der Waals surface area contributed by atoms with E-state index < -0.39 is 11.2 Å². The molecule has 0 amide bonds. The number of H-pyrrole nitrogens is 3. The minimum atomic E-state index is -0.503. The maximum atomic E-state index is 11.6. The lowest BCUT2D eigenvalue weighted by molar-refractivity contribution is 0.664. The third-order valence-corrected chi connectivity index (χ3v) is 4.13. The first-order chi connectivity index (χ1) is 8.24. The van der Waals surface area contributed by atoms with Crippen LogP contribution in [0.3, 0.4) is 0 Å². The third kappa shape index (κ3) is 1.18. The highest BCUT2D eigenvalue weighted by atomic mass is 16.2. The highest BCUT2D eigenvalue weighted by Crippen LogP contribution is 2.62. The predicted molar refractivity (Wildman–Crippen MR) is 60.9 cm³/mol. The second kappa shape index (κ2) is 2.88. The molecule has 0 saturated heterocycles. The molecule has 2 aliphatic rings. The molecule has 2 aliphatic carbocycles. The zero-order valence-corrected chi connectivity index (χ0v) is 9.12. The normalized spacial score (nSPS) is 30.7. The molecule has 4 rings (SSSR count). The fraction of sp³-hybridized carbons (Fsp3) is 0.545. The molecular formula is C11H12N4O2. The monoisotopic (exact) mass is 232 g/mol. The summed E-state index contributed by atoms with van der Waals surface area (Å²) in [4.78, 5) is 34.8. The van der Waals surface area contributed by atoms with Gasteiger partial charge in [0, 0.05) is 5.92 Å². The maximum Gasteiger partial charge on any atom is 0.327 e. The molecule has 2 aromatic heterocycles. The standard InChI is InChI=1S/C11H12N4O2/c16-10-7-9(14-11(17)15-10)13-8(12-7)6-4-2-1-3-5(4)6/h4-6H,1-3H2,(H3,12,13,14,15,16,17). The van der Waals surface area contributed by atoms with Crippen molar-refractivity contribution in [2.75, 3.05) is 0 Å². The van der Waals surface area contributed by atoms with Gasteiger partial charge in [0.2, 0.25) is 0 Å². The van der Waals surface area contributed by atoms with Crippen LogP contribution < -0.4 is 11.2 Å². The summed E-state index contributed by atoms with van der Waals surface area (Å²) in [6, 6.07) is 0. The molecule has 3 N–H and O–H groups in total. The number of hydrogen-bond donors (Lipinski definition) is 3. The number of rotatable bonds is 1. The lowest BCUT2D eigenvalue weighted by atomic mass is 10.1. The van der Waals surface area contributed by atoms with Crippen LogP contribution in [-0.2, 0) is 0 Å².